The maximum atomic E-state index is 11.5. The van der Waals surface area contributed by atoms with Gasteiger partial charge >= 0.3 is 5.97 Å². The first-order chi connectivity index (χ1) is 6.44. The molecule has 0 fully saturated rings. The van der Waals surface area contributed by atoms with Gasteiger partial charge in [0.1, 0.15) is 5.54 Å². The number of hydrogen-bond donors (Lipinski definition) is 1. The Kier molecular flexibility index (Phi) is 5.77. The Labute approximate surface area is 87.0 Å². The maximum absolute atomic E-state index is 11.5. The van der Waals surface area contributed by atoms with Crippen LogP contribution in [-0.2, 0) is 9.53 Å². The van der Waals surface area contributed by atoms with Gasteiger partial charge in [-0.2, -0.15) is 0 Å². The minimum absolute atomic E-state index is 0.289. The van der Waals surface area contributed by atoms with Crippen LogP contribution in [0.5, 0.6) is 0 Å². The lowest BCUT2D eigenvalue weighted by Gasteiger charge is -2.21. The lowest BCUT2D eigenvalue weighted by molar-refractivity contribution is -0.150. The number of carbonyl (C=O) groups excluding carboxylic acids is 1. The van der Waals surface area contributed by atoms with Crippen molar-refractivity contribution in [1.29, 1.82) is 0 Å². The Bertz CT molecular complexity index is 178. The first-order valence-electron chi connectivity index (χ1n) is 5.40. The van der Waals surface area contributed by atoms with Crippen LogP contribution >= 0.6 is 0 Å². The van der Waals surface area contributed by atoms with Crippen LogP contribution in [0.1, 0.15) is 47.0 Å². The highest BCUT2D eigenvalue weighted by molar-refractivity contribution is 5.79. The first kappa shape index (κ1) is 13.4. The van der Waals surface area contributed by atoms with Crippen molar-refractivity contribution in [3.05, 3.63) is 0 Å². The fraction of sp³-hybridized carbons (Fsp3) is 0.909. The van der Waals surface area contributed by atoms with E-state index in [4.69, 9.17) is 10.5 Å². The van der Waals surface area contributed by atoms with E-state index >= 15 is 0 Å². The minimum atomic E-state index is -0.827. The highest BCUT2D eigenvalue weighted by atomic mass is 16.5. The van der Waals surface area contributed by atoms with Gasteiger partial charge in [0, 0.05) is 0 Å². The molecule has 0 aromatic heterocycles. The topological polar surface area (TPSA) is 52.3 Å². The van der Waals surface area contributed by atoms with Crippen molar-refractivity contribution in [2.45, 2.75) is 52.5 Å². The second-order valence-corrected chi connectivity index (χ2v) is 4.26. The molecule has 0 heterocycles. The van der Waals surface area contributed by atoms with Crippen LogP contribution in [0.25, 0.3) is 0 Å². The Morgan fingerprint density at radius 3 is 2.50 bits per heavy atom. The molecule has 0 saturated heterocycles. The summed E-state index contributed by atoms with van der Waals surface area (Å²) in [5.41, 5.74) is 4.92. The average Bonchev–Trinajstić information content (AvgIpc) is 2.14. The molecule has 0 aliphatic carbocycles. The van der Waals surface area contributed by atoms with Gasteiger partial charge in [-0.25, -0.2) is 0 Å². The molecule has 14 heavy (non-hydrogen) atoms. The highest BCUT2D eigenvalue weighted by Crippen LogP contribution is 2.10. The van der Waals surface area contributed by atoms with Crippen molar-refractivity contribution in [2.75, 3.05) is 6.61 Å². The molecule has 0 spiro atoms. The molecular formula is C11H23NO2. The summed E-state index contributed by atoms with van der Waals surface area (Å²) in [6, 6.07) is 0. The van der Waals surface area contributed by atoms with Crippen LogP contribution in [0.4, 0.5) is 0 Å². The number of nitrogens with two attached hydrogens (primary N) is 1. The van der Waals surface area contributed by atoms with E-state index in [-0.39, 0.29) is 5.97 Å². The van der Waals surface area contributed by atoms with Crippen molar-refractivity contribution >= 4 is 5.97 Å². The molecular weight excluding hydrogens is 178 g/mol. The Hall–Kier alpha value is -0.570. The van der Waals surface area contributed by atoms with Crippen LogP contribution in [0.2, 0.25) is 0 Å². The van der Waals surface area contributed by atoms with E-state index < -0.39 is 5.54 Å². The summed E-state index contributed by atoms with van der Waals surface area (Å²) < 4.78 is 5.15. The maximum Gasteiger partial charge on any atom is 0.325 e. The molecule has 2 N–H and O–H groups in total. The van der Waals surface area contributed by atoms with E-state index in [1.54, 1.807) is 6.92 Å². The van der Waals surface area contributed by atoms with Gasteiger partial charge in [-0.3, -0.25) is 4.79 Å². The fourth-order valence-electron chi connectivity index (χ4n) is 1.10. The molecule has 84 valence electrons. The van der Waals surface area contributed by atoms with Gasteiger partial charge < -0.3 is 10.5 Å². The molecule has 3 heteroatoms. The van der Waals surface area contributed by atoms with Gasteiger partial charge in [-0.05, 0) is 25.7 Å². The van der Waals surface area contributed by atoms with Gasteiger partial charge in [-0.1, -0.05) is 27.2 Å². The van der Waals surface area contributed by atoms with E-state index in [0.717, 1.165) is 12.8 Å². The predicted octanol–water partition coefficient (Wildman–Crippen LogP) is 2.09. The second-order valence-electron chi connectivity index (χ2n) is 4.26. The van der Waals surface area contributed by atoms with Crippen molar-refractivity contribution in [1.82, 2.24) is 0 Å². The van der Waals surface area contributed by atoms with Crippen LogP contribution in [-0.4, -0.2) is 18.1 Å². The number of esters is 1. The van der Waals surface area contributed by atoms with Gasteiger partial charge in [-0.15, -0.1) is 0 Å². The Morgan fingerprint density at radius 1 is 1.50 bits per heavy atom. The zero-order chi connectivity index (χ0) is 11.2. The number of rotatable bonds is 6. The molecule has 2 atom stereocenters. The molecule has 3 nitrogen and oxygen atoms in total. The van der Waals surface area contributed by atoms with Crippen LogP contribution < -0.4 is 5.73 Å². The zero-order valence-corrected chi connectivity index (χ0v) is 9.80. The molecule has 0 radical (unpaired) electrons. The van der Waals surface area contributed by atoms with Crippen molar-refractivity contribution in [3.63, 3.8) is 0 Å². The minimum Gasteiger partial charge on any atom is -0.464 e. The fourth-order valence-corrected chi connectivity index (χ4v) is 1.10. The van der Waals surface area contributed by atoms with Gasteiger partial charge in [0.2, 0.25) is 0 Å². The third-order valence-corrected chi connectivity index (χ3v) is 2.48. The molecule has 0 aliphatic heterocycles. The highest BCUT2D eigenvalue weighted by Gasteiger charge is 2.27. The van der Waals surface area contributed by atoms with E-state index in [0.29, 0.717) is 18.9 Å². The molecule has 0 saturated carbocycles. The molecule has 0 amide bonds. The van der Waals surface area contributed by atoms with Gasteiger partial charge in [0.25, 0.3) is 0 Å². The second kappa shape index (κ2) is 6.02. The monoisotopic (exact) mass is 201 g/mol. The summed E-state index contributed by atoms with van der Waals surface area (Å²) >= 11 is 0. The smallest absolute Gasteiger partial charge is 0.325 e. The summed E-state index contributed by atoms with van der Waals surface area (Å²) in [5.74, 6) is 0.138. The molecule has 2 unspecified atom stereocenters. The van der Waals surface area contributed by atoms with E-state index in [1.165, 1.54) is 0 Å². The lowest BCUT2D eigenvalue weighted by atomic mass is 10.0. The van der Waals surface area contributed by atoms with Crippen molar-refractivity contribution < 1.29 is 9.53 Å². The summed E-state index contributed by atoms with van der Waals surface area (Å²) in [7, 11) is 0. The normalized spacial score (nSPS) is 17.2. The van der Waals surface area contributed by atoms with Gasteiger partial charge in [0.15, 0.2) is 0 Å². The zero-order valence-electron chi connectivity index (χ0n) is 9.80. The molecule has 0 bridgehead atoms. The van der Waals surface area contributed by atoms with Crippen molar-refractivity contribution in [3.8, 4) is 0 Å². The molecule has 0 aliphatic rings. The number of carbonyl (C=O) groups is 1. The van der Waals surface area contributed by atoms with Crippen LogP contribution in [0.3, 0.4) is 0 Å². The van der Waals surface area contributed by atoms with Crippen molar-refractivity contribution in [2.24, 2.45) is 11.7 Å². The third-order valence-electron chi connectivity index (χ3n) is 2.48. The first-order valence-corrected chi connectivity index (χ1v) is 5.40. The van der Waals surface area contributed by atoms with E-state index in [2.05, 4.69) is 13.8 Å². The molecule has 0 rings (SSSR count). The van der Waals surface area contributed by atoms with E-state index in [9.17, 15) is 4.79 Å². The summed E-state index contributed by atoms with van der Waals surface area (Å²) in [6.45, 7) is 8.28. The predicted molar refractivity (Wildman–Crippen MR) is 57.9 cm³/mol. The summed E-state index contributed by atoms with van der Waals surface area (Å²) in [4.78, 5) is 11.5. The molecule has 0 aromatic rings. The number of hydrogen-bond acceptors (Lipinski definition) is 3. The summed E-state index contributed by atoms with van der Waals surface area (Å²) in [6.07, 6.45) is 2.81. The average molecular weight is 201 g/mol. The Morgan fingerprint density at radius 2 is 2.07 bits per heavy atom. The Balaban J connectivity index is 3.85. The number of ether oxygens (including phenoxy) is 1. The SMILES string of the molecule is CCCC(C)COC(=O)C(C)(N)CC. The van der Waals surface area contributed by atoms with Crippen LogP contribution in [0, 0.1) is 5.92 Å². The lowest BCUT2D eigenvalue weighted by Crippen LogP contribution is -2.45. The van der Waals surface area contributed by atoms with E-state index in [1.807, 2.05) is 6.92 Å². The molecule has 0 aromatic carbocycles. The van der Waals surface area contributed by atoms with Crippen LogP contribution in [0.15, 0.2) is 0 Å². The standard InChI is InChI=1S/C11H23NO2/c1-5-7-9(3)8-14-10(13)11(4,12)6-2/h9H,5-8,12H2,1-4H3. The third kappa shape index (κ3) is 4.61. The van der Waals surface area contributed by atoms with Gasteiger partial charge in [0.05, 0.1) is 6.61 Å². The summed E-state index contributed by atoms with van der Waals surface area (Å²) in [5, 5.41) is 0. The largest absolute Gasteiger partial charge is 0.464 e. The quantitative estimate of drug-likeness (QED) is 0.669.